The van der Waals surface area contributed by atoms with Crippen LogP contribution in [0.1, 0.15) is 60.3 Å². The average molecular weight is 502 g/mol. The first-order valence-corrected chi connectivity index (χ1v) is 13.8. The molecule has 0 saturated carbocycles. The minimum Gasteiger partial charge on any atom is -0.394 e. The number of ether oxygens (including phenoxy) is 1. The Hall–Kier alpha value is -2.19. The number of hydrogen-bond donors (Lipinski definition) is 1. The van der Waals surface area contributed by atoms with Crippen LogP contribution in [0.4, 0.5) is 0 Å². The van der Waals surface area contributed by atoms with Crippen molar-refractivity contribution in [3.8, 4) is 0 Å². The Kier molecular flexibility index (Phi) is 7.95. The predicted molar refractivity (Wildman–Crippen MR) is 137 cm³/mol. The fraction of sp³-hybridized carbons (Fsp3) is 0.750. The minimum absolute atomic E-state index is 0.00271. The number of carbonyl (C=O) groups excluding carboxylic acids is 3. The highest BCUT2D eigenvalue weighted by Crippen LogP contribution is 2.54. The highest BCUT2D eigenvalue weighted by Gasteiger charge is 2.72. The lowest BCUT2D eigenvalue weighted by Gasteiger charge is -2.41. The zero-order valence-corrected chi connectivity index (χ0v) is 22.4. The van der Waals surface area contributed by atoms with Gasteiger partial charge >= 0.3 is 0 Å². The number of hydrogen-bond acceptors (Lipinski definition) is 5. The van der Waals surface area contributed by atoms with Crippen molar-refractivity contribution >= 4 is 17.7 Å². The Bertz CT molecular complexity index is 919. The van der Waals surface area contributed by atoms with E-state index in [0.717, 1.165) is 25.7 Å². The van der Waals surface area contributed by atoms with E-state index >= 15 is 0 Å². The average Bonchev–Trinajstić information content (AvgIpc) is 3.17. The Morgan fingerprint density at radius 1 is 1.06 bits per heavy atom. The number of nitrogens with zero attached hydrogens (tertiary/aromatic N) is 3. The summed E-state index contributed by atoms with van der Waals surface area (Å²) >= 11 is 0. The standard InChI is InChI=1S/C28H43N3O5/c1-6-11-19(5)30-16-10-13-28-23(22-21(36-28)12-9-15-29(14-7-2)25(22)33)26(34)31(24(28)27(30)35)20(17-32)18(4)8-3/h9-10,12-13,18-24,32H,6-8,11,14-17H2,1-5H3/t18-,19?,20-,21-,22+,23-,24?,28-/m0/s1. The summed E-state index contributed by atoms with van der Waals surface area (Å²) in [6.07, 6.45) is 10.5. The molecule has 36 heavy (non-hydrogen) atoms. The summed E-state index contributed by atoms with van der Waals surface area (Å²) in [6.45, 7) is 11.5. The zero-order valence-electron chi connectivity index (χ0n) is 22.4. The van der Waals surface area contributed by atoms with Gasteiger partial charge in [-0.1, -0.05) is 64.8 Å². The predicted octanol–water partition coefficient (Wildman–Crippen LogP) is 2.37. The summed E-state index contributed by atoms with van der Waals surface area (Å²) in [5.41, 5.74) is -1.24. The molecule has 0 aromatic rings. The molecular formula is C28H43N3O5. The molecule has 3 amide bonds. The first-order chi connectivity index (χ1) is 17.3. The van der Waals surface area contributed by atoms with Crippen LogP contribution in [0, 0.1) is 17.8 Å². The fourth-order valence-electron chi connectivity index (χ4n) is 6.76. The smallest absolute Gasteiger partial charge is 0.249 e. The van der Waals surface area contributed by atoms with Gasteiger partial charge in [0.15, 0.2) is 0 Å². The minimum atomic E-state index is -1.24. The lowest BCUT2D eigenvalue weighted by Crippen LogP contribution is -2.60. The number of rotatable bonds is 9. The molecule has 0 radical (unpaired) electrons. The third-order valence-electron chi connectivity index (χ3n) is 8.79. The zero-order chi connectivity index (χ0) is 26.2. The van der Waals surface area contributed by atoms with Crippen molar-refractivity contribution in [3.05, 3.63) is 24.3 Å². The SMILES string of the molecule is CCCC(C)N1CC=C[C@]23O[C@H]4C=CCN(CCC)C(=O)[C@H]4[C@H]2C(=O)N([C@@H](CO)[C@@H](C)CC)C3C1=O. The van der Waals surface area contributed by atoms with E-state index in [1.165, 1.54) is 0 Å². The van der Waals surface area contributed by atoms with Crippen LogP contribution in [0.15, 0.2) is 24.3 Å². The maximum atomic E-state index is 14.3. The van der Waals surface area contributed by atoms with Crippen molar-refractivity contribution in [2.45, 2.75) is 90.1 Å². The van der Waals surface area contributed by atoms with Crippen LogP contribution in [-0.4, -0.2) is 93.6 Å². The van der Waals surface area contributed by atoms with Crippen LogP contribution in [0.5, 0.6) is 0 Å². The van der Waals surface area contributed by atoms with Crippen LogP contribution in [0.25, 0.3) is 0 Å². The summed E-state index contributed by atoms with van der Waals surface area (Å²) in [5.74, 6) is -2.01. The maximum absolute atomic E-state index is 14.3. The molecule has 8 atom stereocenters. The second kappa shape index (κ2) is 10.7. The number of likely N-dealkylation sites (tertiary alicyclic amines) is 1. The van der Waals surface area contributed by atoms with Crippen molar-refractivity contribution in [3.63, 3.8) is 0 Å². The molecule has 4 rings (SSSR count). The van der Waals surface area contributed by atoms with Crippen LogP contribution >= 0.6 is 0 Å². The topological polar surface area (TPSA) is 90.4 Å². The molecule has 0 bridgehead atoms. The van der Waals surface area contributed by atoms with Gasteiger partial charge < -0.3 is 24.5 Å². The first-order valence-electron chi connectivity index (χ1n) is 13.8. The van der Waals surface area contributed by atoms with Gasteiger partial charge in [0.1, 0.15) is 11.6 Å². The largest absolute Gasteiger partial charge is 0.394 e. The molecule has 200 valence electrons. The summed E-state index contributed by atoms with van der Waals surface area (Å²) in [6, 6.07) is -1.44. The highest BCUT2D eigenvalue weighted by atomic mass is 16.5. The van der Waals surface area contributed by atoms with Crippen LogP contribution < -0.4 is 0 Å². The molecule has 2 saturated heterocycles. The van der Waals surface area contributed by atoms with E-state index < -0.39 is 35.6 Å². The van der Waals surface area contributed by atoms with Gasteiger partial charge in [0, 0.05) is 25.7 Å². The van der Waals surface area contributed by atoms with Crippen molar-refractivity contribution in [1.82, 2.24) is 14.7 Å². The number of amides is 3. The molecule has 4 aliphatic heterocycles. The summed E-state index contributed by atoms with van der Waals surface area (Å²) < 4.78 is 6.69. The molecule has 8 nitrogen and oxygen atoms in total. The van der Waals surface area contributed by atoms with Gasteiger partial charge in [0.2, 0.25) is 17.7 Å². The van der Waals surface area contributed by atoms with Gasteiger partial charge in [0.25, 0.3) is 0 Å². The van der Waals surface area contributed by atoms with Crippen molar-refractivity contribution in [2.24, 2.45) is 17.8 Å². The van der Waals surface area contributed by atoms with Crippen molar-refractivity contribution in [2.75, 3.05) is 26.2 Å². The fourth-order valence-corrected chi connectivity index (χ4v) is 6.76. The second-order valence-corrected chi connectivity index (χ2v) is 11.0. The van der Waals surface area contributed by atoms with Crippen molar-refractivity contribution in [1.29, 1.82) is 0 Å². The van der Waals surface area contributed by atoms with Gasteiger partial charge in [-0.2, -0.15) is 0 Å². The number of fused-ring (bicyclic) bond motifs is 2. The lowest BCUT2D eigenvalue weighted by molar-refractivity contribution is -0.153. The van der Waals surface area contributed by atoms with E-state index in [-0.39, 0.29) is 36.3 Å². The monoisotopic (exact) mass is 501 g/mol. The lowest BCUT2D eigenvalue weighted by atomic mass is 9.77. The van der Waals surface area contributed by atoms with Crippen LogP contribution in [0.3, 0.4) is 0 Å². The van der Waals surface area contributed by atoms with Crippen molar-refractivity contribution < 1.29 is 24.2 Å². The molecule has 0 aromatic carbocycles. The van der Waals surface area contributed by atoms with E-state index in [1.807, 2.05) is 56.9 Å². The number of aliphatic hydroxyl groups excluding tert-OH is 1. The highest BCUT2D eigenvalue weighted by molar-refractivity contribution is 6.00. The molecular weight excluding hydrogens is 458 g/mol. The van der Waals surface area contributed by atoms with Gasteiger partial charge in [-0.15, -0.1) is 0 Å². The van der Waals surface area contributed by atoms with Gasteiger partial charge in [-0.05, 0) is 25.7 Å². The third kappa shape index (κ3) is 4.10. The molecule has 1 N–H and O–H groups in total. The Balaban J connectivity index is 1.85. The molecule has 2 fully saturated rings. The Labute approximate surface area is 215 Å². The quantitative estimate of drug-likeness (QED) is 0.490. The maximum Gasteiger partial charge on any atom is 0.249 e. The molecule has 4 heterocycles. The normalized spacial score (nSPS) is 34.3. The molecule has 8 heteroatoms. The second-order valence-electron chi connectivity index (χ2n) is 11.0. The molecule has 4 aliphatic rings. The Morgan fingerprint density at radius 3 is 2.44 bits per heavy atom. The van der Waals surface area contributed by atoms with E-state index in [4.69, 9.17) is 4.74 Å². The van der Waals surface area contributed by atoms with E-state index in [1.54, 1.807) is 9.80 Å². The Morgan fingerprint density at radius 2 is 1.81 bits per heavy atom. The van der Waals surface area contributed by atoms with Crippen LogP contribution in [-0.2, 0) is 19.1 Å². The van der Waals surface area contributed by atoms with Gasteiger partial charge in [-0.3, -0.25) is 14.4 Å². The molecule has 1 spiro atoms. The summed E-state index contributed by atoms with van der Waals surface area (Å²) in [5, 5.41) is 10.5. The molecule has 0 aliphatic carbocycles. The summed E-state index contributed by atoms with van der Waals surface area (Å²) in [4.78, 5) is 47.7. The van der Waals surface area contributed by atoms with Crippen LogP contribution in [0.2, 0.25) is 0 Å². The molecule has 2 unspecified atom stereocenters. The van der Waals surface area contributed by atoms with Gasteiger partial charge in [-0.25, -0.2) is 0 Å². The van der Waals surface area contributed by atoms with Gasteiger partial charge in [0.05, 0.1) is 30.6 Å². The third-order valence-corrected chi connectivity index (χ3v) is 8.79. The number of carbonyl (C=O) groups is 3. The summed E-state index contributed by atoms with van der Waals surface area (Å²) in [7, 11) is 0. The number of aliphatic hydroxyl groups is 1. The van der Waals surface area contributed by atoms with E-state index in [9.17, 15) is 19.5 Å². The molecule has 0 aromatic heterocycles. The first kappa shape index (κ1) is 26.9. The van der Waals surface area contributed by atoms with E-state index in [0.29, 0.717) is 19.6 Å². The van der Waals surface area contributed by atoms with E-state index in [2.05, 4.69) is 6.92 Å².